The minimum absolute atomic E-state index is 0.200. The smallest absolute Gasteiger partial charge is 0.142 e. The molecule has 2 rings (SSSR count). The summed E-state index contributed by atoms with van der Waals surface area (Å²) in [4.78, 5) is 9.67. The number of hydrogen-bond acceptors (Lipinski definition) is 4. The Morgan fingerprint density at radius 1 is 1.08 bits per heavy atom. The van der Waals surface area contributed by atoms with Gasteiger partial charge < -0.3 is 10.5 Å². The van der Waals surface area contributed by atoms with Crippen molar-refractivity contribution in [2.24, 2.45) is 5.73 Å². The minimum Gasteiger partial charge on any atom is -0.488 e. The van der Waals surface area contributed by atoms with Gasteiger partial charge in [-0.2, -0.15) is 0 Å². The van der Waals surface area contributed by atoms with E-state index in [4.69, 9.17) is 20.4 Å². The Morgan fingerprint density at radius 3 is 2.27 bits per heavy atom. The lowest BCUT2D eigenvalue weighted by Crippen LogP contribution is -2.17. The number of nitrogens with zero attached hydrogens (tertiary/aromatic N) is 2. The molecular formula is C22H33N3O. The van der Waals surface area contributed by atoms with Gasteiger partial charge >= 0.3 is 0 Å². The minimum atomic E-state index is 0.200. The number of rotatable bonds is 8. The first kappa shape index (κ1) is 20.4. The van der Waals surface area contributed by atoms with Crippen LogP contribution in [0.25, 0.3) is 11.3 Å². The van der Waals surface area contributed by atoms with Crippen LogP contribution >= 0.6 is 0 Å². The van der Waals surface area contributed by atoms with Crippen molar-refractivity contribution in [1.82, 2.24) is 9.97 Å². The molecule has 0 aromatic carbocycles. The van der Waals surface area contributed by atoms with E-state index in [-0.39, 0.29) is 6.10 Å². The Labute approximate surface area is 158 Å². The Bertz CT molecular complexity index is 736. The number of hydrogen-bond donors (Lipinski definition) is 1. The zero-order chi connectivity index (χ0) is 19.3. The van der Waals surface area contributed by atoms with Crippen LogP contribution in [0.3, 0.4) is 0 Å². The molecule has 142 valence electrons. The molecule has 26 heavy (non-hydrogen) atoms. The maximum absolute atomic E-state index is 6.19. The molecule has 0 spiro atoms. The molecule has 2 aromatic rings. The summed E-state index contributed by atoms with van der Waals surface area (Å²) < 4.78 is 6.19. The Balaban J connectivity index is 2.52. The van der Waals surface area contributed by atoms with Crippen molar-refractivity contribution in [3.8, 4) is 17.0 Å². The second kappa shape index (κ2) is 9.13. The van der Waals surface area contributed by atoms with Gasteiger partial charge in [0.25, 0.3) is 0 Å². The van der Waals surface area contributed by atoms with Gasteiger partial charge in [0.05, 0.1) is 17.5 Å². The van der Waals surface area contributed by atoms with E-state index in [1.807, 2.05) is 0 Å². The van der Waals surface area contributed by atoms with Gasteiger partial charge in [0.2, 0.25) is 0 Å². The predicted molar refractivity (Wildman–Crippen MR) is 109 cm³/mol. The van der Waals surface area contributed by atoms with Gasteiger partial charge in [0.1, 0.15) is 5.75 Å². The number of aryl methyl sites for hydroxylation is 2. The van der Waals surface area contributed by atoms with Gasteiger partial charge in [-0.15, -0.1) is 0 Å². The summed E-state index contributed by atoms with van der Waals surface area (Å²) in [6, 6.07) is 6.37. The van der Waals surface area contributed by atoms with Crippen LogP contribution in [0.4, 0.5) is 0 Å². The standard InChI is InChI=1S/C22H33N3O/c1-7-16-12-21(26-17(8-2)9-3)20(13-23)25-22(16)18-10-11-19(14(4)5)24-15(18)6/h10-12,14,17H,7-9,13,23H2,1-6H3. The molecule has 0 bridgehead atoms. The Hall–Kier alpha value is -1.94. The van der Waals surface area contributed by atoms with Crippen molar-refractivity contribution < 1.29 is 4.74 Å². The van der Waals surface area contributed by atoms with Crippen molar-refractivity contribution in [3.05, 3.63) is 40.8 Å². The van der Waals surface area contributed by atoms with Crippen LogP contribution in [0, 0.1) is 6.92 Å². The summed E-state index contributed by atoms with van der Waals surface area (Å²) in [5, 5.41) is 0. The maximum Gasteiger partial charge on any atom is 0.142 e. The van der Waals surface area contributed by atoms with Gasteiger partial charge in [-0.05, 0) is 55.9 Å². The first-order valence-electron chi connectivity index (χ1n) is 9.82. The molecular weight excluding hydrogens is 322 g/mol. The molecule has 0 radical (unpaired) electrons. The van der Waals surface area contributed by atoms with E-state index in [0.29, 0.717) is 12.5 Å². The van der Waals surface area contributed by atoms with Crippen molar-refractivity contribution in [2.75, 3.05) is 0 Å². The fourth-order valence-electron chi connectivity index (χ4n) is 3.11. The summed E-state index contributed by atoms with van der Waals surface area (Å²) in [6.07, 6.45) is 3.04. The summed E-state index contributed by atoms with van der Waals surface area (Å²) in [5.74, 6) is 1.24. The fraction of sp³-hybridized carbons (Fsp3) is 0.545. The third-order valence-electron chi connectivity index (χ3n) is 4.87. The second-order valence-corrected chi connectivity index (χ2v) is 7.08. The van der Waals surface area contributed by atoms with Crippen molar-refractivity contribution in [3.63, 3.8) is 0 Å². The normalized spacial score (nSPS) is 11.4. The molecule has 0 aliphatic carbocycles. The first-order valence-corrected chi connectivity index (χ1v) is 9.82. The lowest BCUT2D eigenvalue weighted by atomic mass is 10.00. The SMILES string of the molecule is CCc1cc(OC(CC)CC)c(CN)nc1-c1ccc(C(C)C)nc1C. The van der Waals surface area contributed by atoms with Crippen LogP contribution in [-0.2, 0) is 13.0 Å². The number of ether oxygens (including phenoxy) is 1. The molecule has 2 aromatic heterocycles. The average molecular weight is 356 g/mol. The monoisotopic (exact) mass is 355 g/mol. The highest BCUT2D eigenvalue weighted by Gasteiger charge is 2.17. The molecule has 0 fully saturated rings. The Morgan fingerprint density at radius 2 is 1.77 bits per heavy atom. The number of pyridine rings is 2. The zero-order valence-electron chi connectivity index (χ0n) is 17.1. The topological polar surface area (TPSA) is 61.0 Å². The summed E-state index contributed by atoms with van der Waals surface area (Å²) in [5.41, 5.74) is 12.2. The third-order valence-corrected chi connectivity index (χ3v) is 4.87. The molecule has 0 aliphatic rings. The highest BCUT2D eigenvalue weighted by atomic mass is 16.5. The van der Waals surface area contributed by atoms with E-state index >= 15 is 0 Å². The van der Waals surface area contributed by atoms with E-state index in [0.717, 1.165) is 53.4 Å². The van der Waals surface area contributed by atoms with E-state index in [9.17, 15) is 0 Å². The molecule has 4 heteroatoms. The van der Waals surface area contributed by atoms with Gasteiger partial charge in [-0.25, -0.2) is 4.98 Å². The van der Waals surface area contributed by atoms with Crippen LogP contribution in [0.5, 0.6) is 5.75 Å². The van der Waals surface area contributed by atoms with Crippen LogP contribution in [-0.4, -0.2) is 16.1 Å². The van der Waals surface area contributed by atoms with Crippen molar-refractivity contribution in [1.29, 1.82) is 0 Å². The summed E-state index contributed by atoms with van der Waals surface area (Å²) in [6.45, 7) is 13.2. The molecule has 4 nitrogen and oxygen atoms in total. The molecule has 0 saturated heterocycles. The zero-order valence-corrected chi connectivity index (χ0v) is 17.1. The molecule has 0 saturated carbocycles. The van der Waals surface area contributed by atoms with Gasteiger partial charge in [0, 0.05) is 23.5 Å². The lowest BCUT2D eigenvalue weighted by Gasteiger charge is -2.20. The molecule has 0 unspecified atom stereocenters. The van der Waals surface area contributed by atoms with E-state index in [2.05, 4.69) is 59.7 Å². The molecule has 0 atom stereocenters. The maximum atomic E-state index is 6.19. The summed E-state index contributed by atoms with van der Waals surface area (Å²) >= 11 is 0. The Kier molecular flexibility index (Phi) is 7.15. The van der Waals surface area contributed by atoms with E-state index in [1.54, 1.807) is 0 Å². The average Bonchev–Trinajstić information content (AvgIpc) is 2.65. The molecule has 2 N–H and O–H groups in total. The van der Waals surface area contributed by atoms with Crippen LogP contribution in [0.2, 0.25) is 0 Å². The van der Waals surface area contributed by atoms with Gasteiger partial charge in [-0.3, -0.25) is 4.98 Å². The third kappa shape index (κ3) is 4.42. The molecule has 2 heterocycles. The lowest BCUT2D eigenvalue weighted by molar-refractivity contribution is 0.190. The summed E-state index contributed by atoms with van der Waals surface area (Å²) in [7, 11) is 0. The highest BCUT2D eigenvalue weighted by molar-refractivity contribution is 5.67. The van der Waals surface area contributed by atoms with Crippen molar-refractivity contribution >= 4 is 0 Å². The van der Waals surface area contributed by atoms with Crippen LogP contribution in [0.15, 0.2) is 18.2 Å². The fourth-order valence-corrected chi connectivity index (χ4v) is 3.11. The first-order chi connectivity index (χ1) is 12.4. The van der Waals surface area contributed by atoms with Gasteiger partial charge in [-0.1, -0.05) is 34.6 Å². The number of nitrogens with two attached hydrogens (primary N) is 1. The van der Waals surface area contributed by atoms with Crippen molar-refractivity contribution in [2.45, 2.75) is 79.4 Å². The van der Waals surface area contributed by atoms with Crippen LogP contribution < -0.4 is 10.5 Å². The predicted octanol–water partition coefficient (Wildman–Crippen LogP) is 5.16. The number of aromatic nitrogens is 2. The van der Waals surface area contributed by atoms with Gasteiger partial charge in [0.15, 0.2) is 0 Å². The van der Waals surface area contributed by atoms with E-state index in [1.165, 1.54) is 5.56 Å². The van der Waals surface area contributed by atoms with Crippen LogP contribution in [0.1, 0.15) is 76.0 Å². The van der Waals surface area contributed by atoms with E-state index < -0.39 is 0 Å². The quantitative estimate of drug-likeness (QED) is 0.710. The molecule has 0 amide bonds. The second-order valence-electron chi connectivity index (χ2n) is 7.08. The highest BCUT2D eigenvalue weighted by Crippen LogP contribution is 2.31. The molecule has 0 aliphatic heterocycles. The largest absolute Gasteiger partial charge is 0.488 e.